The third kappa shape index (κ3) is 1.90. The number of anilines is 1. The Morgan fingerprint density at radius 2 is 2.20 bits per heavy atom. The van der Waals surface area contributed by atoms with Crippen LogP contribution in [-0.2, 0) is 11.8 Å². The summed E-state index contributed by atoms with van der Waals surface area (Å²) in [5.74, 6) is 0.930. The molecule has 0 N–H and O–H groups in total. The molecule has 0 bridgehead atoms. The third-order valence-electron chi connectivity index (χ3n) is 3.76. The van der Waals surface area contributed by atoms with Crippen LogP contribution in [0.5, 0.6) is 0 Å². The van der Waals surface area contributed by atoms with Crippen LogP contribution in [0, 0.1) is 0 Å². The van der Waals surface area contributed by atoms with E-state index in [-0.39, 0.29) is 11.9 Å². The minimum Gasteiger partial charge on any atom is -0.347 e. The van der Waals surface area contributed by atoms with E-state index in [9.17, 15) is 4.79 Å². The second-order valence-corrected chi connectivity index (χ2v) is 5.29. The normalized spacial score (nSPS) is 18.8. The second-order valence-electron chi connectivity index (χ2n) is 5.29. The molecule has 1 amide bonds. The van der Waals surface area contributed by atoms with Gasteiger partial charge in [-0.2, -0.15) is 5.10 Å². The summed E-state index contributed by atoms with van der Waals surface area (Å²) in [6, 6.07) is -0.136. The summed E-state index contributed by atoms with van der Waals surface area (Å²) >= 11 is 0. The van der Waals surface area contributed by atoms with Crippen molar-refractivity contribution in [2.45, 2.75) is 18.9 Å². The van der Waals surface area contributed by atoms with E-state index in [4.69, 9.17) is 0 Å². The van der Waals surface area contributed by atoms with Gasteiger partial charge in [0.2, 0.25) is 5.91 Å². The van der Waals surface area contributed by atoms with Crippen LogP contribution in [0.3, 0.4) is 0 Å². The lowest BCUT2D eigenvalue weighted by atomic mass is 10.2. The summed E-state index contributed by atoms with van der Waals surface area (Å²) in [6.45, 7) is 0.839. The molecule has 3 heterocycles. The Kier molecular flexibility index (Phi) is 3.04. The monoisotopic (exact) mass is 274 g/mol. The zero-order chi connectivity index (χ0) is 14.3. The first-order chi connectivity index (χ1) is 9.59. The summed E-state index contributed by atoms with van der Waals surface area (Å²) in [7, 11) is 5.43. The molecule has 1 unspecified atom stereocenters. The molecule has 0 radical (unpaired) electrons. The summed E-state index contributed by atoms with van der Waals surface area (Å²) in [4.78, 5) is 24.6. The Morgan fingerprint density at radius 1 is 1.40 bits per heavy atom. The van der Waals surface area contributed by atoms with Gasteiger partial charge in [0.25, 0.3) is 0 Å². The number of hydrogen-bond acceptors (Lipinski definition) is 5. The van der Waals surface area contributed by atoms with Gasteiger partial charge in [-0.25, -0.2) is 9.97 Å². The molecular weight excluding hydrogens is 256 g/mol. The number of carbonyl (C=O) groups excluding carboxylic acids is 1. The minimum atomic E-state index is -0.136. The van der Waals surface area contributed by atoms with E-state index in [0.717, 1.165) is 36.2 Å². The van der Waals surface area contributed by atoms with Gasteiger partial charge in [-0.1, -0.05) is 0 Å². The smallest absolute Gasteiger partial charge is 0.244 e. The molecule has 7 heteroatoms. The minimum absolute atomic E-state index is 0.123. The van der Waals surface area contributed by atoms with Crippen LogP contribution in [0.15, 0.2) is 12.5 Å². The molecule has 0 saturated carbocycles. The molecule has 0 aliphatic carbocycles. The molecule has 2 aromatic heterocycles. The number of aromatic nitrogens is 4. The highest BCUT2D eigenvalue weighted by molar-refractivity contribution is 5.91. The summed E-state index contributed by atoms with van der Waals surface area (Å²) in [5.41, 5.74) is 0.790. The van der Waals surface area contributed by atoms with Crippen LogP contribution in [0.25, 0.3) is 11.0 Å². The number of likely N-dealkylation sites (N-methyl/N-ethyl adjacent to an activating group) is 1. The lowest BCUT2D eigenvalue weighted by molar-refractivity contribution is -0.129. The van der Waals surface area contributed by atoms with Gasteiger partial charge in [-0.05, 0) is 12.8 Å². The van der Waals surface area contributed by atoms with Gasteiger partial charge in [-0.15, -0.1) is 0 Å². The number of hydrogen-bond donors (Lipinski definition) is 0. The average Bonchev–Trinajstić information content (AvgIpc) is 3.05. The standard InChI is InChI=1S/C13H18N6O/c1-17(2)13(20)10-5-4-6-19(10)12-9-7-16-18(3)11(9)14-8-15-12/h7-8,10H,4-6H2,1-3H3. The van der Waals surface area contributed by atoms with Crippen LogP contribution in [0.2, 0.25) is 0 Å². The molecule has 20 heavy (non-hydrogen) atoms. The van der Waals surface area contributed by atoms with Gasteiger partial charge in [-0.3, -0.25) is 9.48 Å². The van der Waals surface area contributed by atoms with Gasteiger partial charge in [0, 0.05) is 27.7 Å². The molecule has 3 rings (SSSR count). The van der Waals surface area contributed by atoms with Crippen LogP contribution in [0.4, 0.5) is 5.82 Å². The molecule has 2 aromatic rings. The Labute approximate surface area is 117 Å². The Balaban J connectivity index is 2.04. The molecule has 1 aliphatic rings. The fraction of sp³-hybridized carbons (Fsp3) is 0.538. The largest absolute Gasteiger partial charge is 0.347 e. The zero-order valence-corrected chi connectivity index (χ0v) is 11.9. The van der Waals surface area contributed by atoms with Crippen molar-refractivity contribution < 1.29 is 4.79 Å². The molecule has 0 aromatic carbocycles. The van der Waals surface area contributed by atoms with E-state index in [1.165, 1.54) is 6.33 Å². The van der Waals surface area contributed by atoms with Crippen molar-refractivity contribution in [1.82, 2.24) is 24.6 Å². The van der Waals surface area contributed by atoms with Crippen molar-refractivity contribution in [2.24, 2.45) is 7.05 Å². The van der Waals surface area contributed by atoms with Crippen molar-refractivity contribution in [3.63, 3.8) is 0 Å². The van der Waals surface area contributed by atoms with E-state index < -0.39 is 0 Å². The summed E-state index contributed by atoms with van der Waals surface area (Å²) < 4.78 is 1.72. The Morgan fingerprint density at radius 3 is 2.95 bits per heavy atom. The van der Waals surface area contributed by atoms with E-state index in [1.54, 1.807) is 29.9 Å². The van der Waals surface area contributed by atoms with Crippen molar-refractivity contribution in [3.8, 4) is 0 Å². The first-order valence-corrected chi connectivity index (χ1v) is 6.70. The van der Waals surface area contributed by atoms with Gasteiger partial charge >= 0.3 is 0 Å². The summed E-state index contributed by atoms with van der Waals surface area (Å²) in [5, 5.41) is 5.12. The van der Waals surface area contributed by atoms with Crippen molar-refractivity contribution >= 4 is 22.8 Å². The maximum absolute atomic E-state index is 12.3. The molecule has 1 aliphatic heterocycles. The van der Waals surface area contributed by atoms with E-state index in [1.807, 2.05) is 7.05 Å². The number of carbonyl (C=O) groups is 1. The van der Waals surface area contributed by atoms with Crippen LogP contribution < -0.4 is 4.90 Å². The highest BCUT2D eigenvalue weighted by atomic mass is 16.2. The fourth-order valence-electron chi connectivity index (χ4n) is 2.75. The quantitative estimate of drug-likeness (QED) is 0.794. The highest BCUT2D eigenvalue weighted by Crippen LogP contribution is 2.29. The predicted molar refractivity (Wildman–Crippen MR) is 75.4 cm³/mol. The maximum atomic E-state index is 12.3. The molecule has 106 valence electrons. The topological polar surface area (TPSA) is 67.2 Å². The third-order valence-corrected chi connectivity index (χ3v) is 3.76. The van der Waals surface area contributed by atoms with Crippen molar-refractivity contribution in [3.05, 3.63) is 12.5 Å². The van der Waals surface area contributed by atoms with Gasteiger partial charge in [0.1, 0.15) is 18.2 Å². The lowest BCUT2D eigenvalue weighted by Crippen LogP contribution is -2.43. The number of aryl methyl sites for hydroxylation is 1. The zero-order valence-electron chi connectivity index (χ0n) is 11.9. The fourth-order valence-corrected chi connectivity index (χ4v) is 2.75. The molecule has 7 nitrogen and oxygen atoms in total. The Hall–Kier alpha value is -2.18. The average molecular weight is 274 g/mol. The van der Waals surface area contributed by atoms with Crippen LogP contribution >= 0.6 is 0 Å². The van der Waals surface area contributed by atoms with Gasteiger partial charge in [0.05, 0.1) is 11.6 Å². The molecule has 1 fully saturated rings. The molecule has 1 saturated heterocycles. The maximum Gasteiger partial charge on any atom is 0.244 e. The Bertz CT molecular complexity index is 649. The van der Waals surface area contributed by atoms with E-state index in [0.29, 0.717) is 0 Å². The second kappa shape index (κ2) is 4.73. The molecular formula is C13H18N6O. The van der Waals surface area contributed by atoms with Crippen molar-refractivity contribution in [2.75, 3.05) is 25.5 Å². The van der Waals surface area contributed by atoms with Crippen LogP contribution in [0.1, 0.15) is 12.8 Å². The van der Waals surface area contributed by atoms with Gasteiger partial charge < -0.3 is 9.80 Å². The first-order valence-electron chi connectivity index (χ1n) is 6.70. The molecule has 0 spiro atoms. The van der Waals surface area contributed by atoms with Crippen molar-refractivity contribution in [1.29, 1.82) is 0 Å². The first kappa shape index (κ1) is 12.8. The molecule has 1 atom stereocenters. The predicted octanol–water partition coefficient (Wildman–Crippen LogP) is 0.420. The number of nitrogens with zero attached hydrogens (tertiary/aromatic N) is 6. The van der Waals surface area contributed by atoms with E-state index >= 15 is 0 Å². The van der Waals surface area contributed by atoms with Gasteiger partial charge in [0.15, 0.2) is 5.65 Å². The summed E-state index contributed by atoms with van der Waals surface area (Å²) in [6.07, 6.45) is 5.16. The lowest BCUT2D eigenvalue weighted by Gasteiger charge is -2.27. The number of rotatable bonds is 2. The highest BCUT2D eigenvalue weighted by Gasteiger charge is 2.33. The number of amides is 1. The number of fused-ring (bicyclic) bond motifs is 1. The van der Waals surface area contributed by atoms with Crippen LogP contribution in [-0.4, -0.2) is 57.2 Å². The van der Waals surface area contributed by atoms with E-state index in [2.05, 4.69) is 20.0 Å². The SMILES string of the molecule is CN(C)C(=O)C1CCCN1c1ncnc2c1cnn2C.